The number of unbranched alkanes of at least 4 members (excludes halogenated alkanes) is 1. The van der Waals surface area contributed by atoms with Crippen LogP contribution in [-0.4, -0.2) is 51.8 Å². The number of hydrogen-bond acceptors (Lipinski definition) is 6. The molecule has 5 aromatic rings. The third-order valence-corrected chi connectivity index (χ3v) is 12.2. The summed E-state index contributed by atoms with van der Waals surface area (Å²) in [4.78, 5) is 6.95. The van der Waals surface area contributed by atoms with Crippen LogP contribution in [0.25, 0.3) is 22.5 Å². The maximum atomic E-state index is 4.57. The van der Waals surface area contributed by atoms with Crippen molar-refractivity contribution in [1.82, 2.24) is 33.2 Å². The van der Waals surface area contributed by atoms with Crippen molar-refractivity contribution in [1.29, 1.82) is 0 Å². The predicted molar refractivity (Wildman–Crippen MR) is 161 cm³/mol. The molecule has 0 radical (unpaired) electrons. The maximum absolute atomic E-state index is 4.57. The van der Waals surface area contributed by atoms with Crippen LogP contribution >= 0.6 is 11.8 Å². The summed E-state index contributed by atoms with van der Waals surface area (Å²) in [5.74, 6) is 2.80. The molecule has 0 saturated heterocycles. The Morgan fingerprint density at radius 2 is 1.49 bits per heavy atom. The van der Waals surface area contributed by atoms with Crippen molar-refractivity contribution < 1.29 is 0 Å². The third-order valence-electron chi connectivity index (χ3n) is 6.64. The molecule has 0 N–H and O–H groups in total. The van der Waals surface area contributed by atoms with E-state index >= 15 is 0 Å². The van der Waals surface area contributed by atoms with Crippen LogP contribution in [-0.2, 0) is 18.7 Å². The summed E-state index contributed by atoms with van der Waals surface area (Å²) in [6.07, 6.45) is 3.18. The molecule has 200 valence electrons. The van der Waals surface area contributed by atoms with E-state index in [0.717, 1.165) is 65.1 Å². The minimum atomic E-state index is -2.55. The molecule has 0 aliphatic carbocycles. The van der Waals surface area contributed by atoms with Gasteiger partial charge < -0.3 is 0 Å². The number of thioether (sulfide) groups is 1. The molecule has 0 amide bonds. The number of aromatic nitrogens is 7. The summed E-state index contributed by atoms with van der Waals surface area (Å²) in [6.45, 7) is 2.97. The van der Waals surface area contributed by atoms with Crippen molar-refractivity contribution >= 4 is 30.4 Å². The second-order valence-electron chi connectivity index (χ2n) is 10.7. The summed E-state index contributed by atoms with van der Waals surface area (Å²) in [5, 5.41) is 22.9. The van der Waals surface area contributed by atoms with E-state index in [4.69, 9.17) is 0 Å². The van der Waals surface area contributed by atoms with Crippen molar-refractivity contribution in [3.8, 4) is 22.5 Å². The molecule has 9 heteroatoms. The van der Waals surface area contributed by atoms with Gasteiger partial charge in [-0.15, -0.1) is 0 Å². The number of hydrogen-bond donors (Lipinski definition) is 0. The molecule has 0 saturated carbocycles. The molecular weight excluding hydrogens is 609 g/mol. The first-order valence-corrected chi connectivity index (χ1v) is 24.3. The van der Waals surface area contributed by atoms with Crippen LogP contribution < -0.4 is 0 Å². The van der Waals surface area contributed by atoms with Gasteiger partial charge in [-0.3, -0.25) is 0 Å². The normalized spacial score (nSPS) is 11.7. The molecule has 0 aliphatic heterocycles. The van der Waals surface area contributed by atoms with Gasteiger partial charge in [-0.05, 0) is 12.0 Å². The zero-order chi connectivity index (χ0) is 27.2. The number of benzene rings is 3. The van der Waals surface area contributed by atoms with Crippen molar-refractivity contribution in [3.63, 3.8) is 0 Å². The molecular formula is C30H35N7SSn. The second kappa shape index (κ2) is 12.5. The topological polar surface area (TPSA) is 74.3 Å². The molecule has 3 aromatic carbocycles. The molecule has 0 bridgehead atoms. The second-order valence-corrected chi connectivity index (χ2v) is 25.2. The number of aryl methyl sites for hydroxylation is 1. The van der Waals surface area contributed by atoms with E-state index in [2.05, 4.69) is 134 Å². The quantitative estimate of drug-likeness (QED) is 0.114. The fourth-order valence-corrected chi connectivity index (χ4v) is 8.61. The van der Waals surface area contributed by atoms with Crippen molar-refractivity contribution in [2.45, 2.75) is 58.5 Å². The molecule has 39 heavy (non-hydrogen) atoms. The SMILES string of the molecule is CCCCc1nnc(SCc2ccccc2)n1Cc1ccc(-c2ccccc2-c2nnn[n]2[Sn]([CH3])([CH3])[CH3])cc1. The van der Waals surface area contributed by atoms with Gasteiger partial charge in [0.15, 0.2) is 0 Å². The summed E-state index contributed by atoms with van der Waals surface area (Å²) >= 11 is -0.802. The van der Waals surface area contributed by atoms with Gasteiger partial charge in [-0.2, -0.15) is 0 Å². The Morgan fingerprint density at radius 1 is 0.769 bits per heavy atom. The zero-order valence-electron chi connectivity index (χ0n) is 23.1. The van der Waals surface area contributed by atoms with Crippen LogP contribution in [0.1, 0.15) is 36.7 Å². The summed E-state index contributed by atoms with van der Waals surface area (Å²) < 4.78 is 4.39. The number of tetrazole rings is 1. The van der Waals surface area contributed by atoms with Crippen molar-refractivity contribution in [2.24, 2.45) is 0 Å². The molecule has 7 nitrogen and oxygen atoms in total. The standard InChI is InChI=1S/C27H26N7S.3CH3.Sn/c1-2-3-13-25-28-31-27(35-19-21-9-5-4-6-10-21)34(25)18-20-14-16-22(17-15-20)23-11-7-8-12-24(23)26-29-32-33-30-26;;;;/h4-12,14-17H,2-3,13,18-19H2,1H3;3*1H3;/q-1;;;;+1. The molecule has 5 rings (SSSR count). The first kappa shape index (κ1) is 27.6. The van der Waals surface area contributed by atoms with Crippen molar-refractivity contribution in [3.05, 3.63) is 95.8 Å². The average Bonchev–Trinajstić information content (AvgIpc) is 3.59. The van der Waals surface area contributed by atoms with Crippen LogP contribution in [0.5, 0.6) is 0 Å². The summed E-state index contributed by atoms with van der Waals surface area (Å²) in [5.41, 5.74) is 5.88. The Kier molecular flexibility index (Phi) is 8.82. The van der Waals surface area contributed by atoms with E-state index < -0.39 is 18.7 Å². The molecule has 0 unspecified atom stereocenters. The van der Waals surface area contributed by atoms with E-state index in [1.54, 1.807) is 11.8 Å². The number of nitrogens with zero attached hydrogens (tertiary/aromatic N) is 7. The molecule has 2 heterocycles. The van der Waals surface area contributed by atoms with E-state index in [1.807, 2.05) is 0 Å². The van der Waals surface area contributed by atoms with Crippen LogP contribution in [0, 0.1) is 0 Å². The Hall–Kier alpha value is -2.98. The van der Waals surface area contributed by atoms with Gasteiger partial charge in [0.2, 0.25) is 0 Å². The third kappa shape index (κ3) is 6.61. The average molecular weight is 644 g/mol. The van der Waals surface area contributed by atoms with E-state index in [0.29, 0.717) is 0 Å². The van der Waals surface area contributed by atoms with Gasteiger partial charge in [0.25, 0.3) is 0 Å². The van der Waals surface area contributed by atoms with Gasteiger partial charge in [0.1, 0.15) is 0 Å². The van der Waals surface area contributed by atoms with Gasteiger partial charge >= 0.3 is 179 Å². The molecule has 0 aliphatic rings. The first-order valence-electron chi connectivity index (χ1n) is 13.5. The van der Waals surface area contributed by atoms with E-state index in [1.165, 1.54) is 11.1 Å². The minimum absolute atomic E-state index is 0.752. The van der Waals surface area contributed by atoms with Crippen LogP contribution in [0.15, 0.2) is 84.0 Å². The molecule has 2 aromatic heterocycles. The Bertz CT molecular complexity index is 1500. The van der Waals surface area contributed by atoms with Gasteiger partial charge in [-0.1, -0.05) is 43.7 Å². The van der Waals surface area contributed by atoms with Gasteiger partial charge in [0.05, 0.1) is 0 Å². The first-order chi connectivity index (χ1) is 18.9. The summed E-state index contributed by atoms with van der Waals surface area (Å²) in [7, 11) is 0. The van der Waals surface area contributed by atoms with E-state index in [9.17, 15) is 0 Å². The zero-order valence-corrected chi connectivity index (χ0v) is 26.8. The molecule has 0 atom stereocenters. The van der Waals surface area contributed by atoms with Crippen molar-refractivity contribution in [2.75, 3.05) is 0 Å². The Labute approximate surface area is 239 Å². The molecule has 0 fully saturated rings. The fourth-order valence-electron chi connectivity index (χ4n) is 4.54. The predicted octanol–water partition coefficient (Wildman–Crippen LogP) is 6.96. The monoisotopic (exact) mass is 645 g/mol. The van der Waals surface area contributed by atoms with Gasteiger partial charge in [0, 0.05) is 5.75 Å². The van der Waals surface area contributed by atoms with Gasteiger partial charge in [-0.25, -0.2) is 0 Å². The molecule has 0 spiro atoms. The van der Waals surface area contributed by atoms with Crippen LogP contribution in [0.3, 0.4) is 0 Å². The van der Waals surface area contributed by atoms with Crippen LogP contribution in [0.2, 0.25) is 14.8 Å². The Morgan fingerprint density at radius 3 is 2.21 bits per heavy atom. The van der Waals surface area contributed by atoms with Crippen LogP contribution in [0.4, 0.5) is 0 Å². The van der Waals surface area contributed by atoms with E-state index in [-0.39, 0.29) is 0 Å². The Balaban J connectivity index is 1.40. The number of rotatable bonds is 11. The fraction of sp³-hybridized carbons (Fsp3) is 0.300. The summed E-state index contributed by atoms with van der Waals surface area (Å²) in [6, 6.07) is 27.8.